The van der Waals surface area contributed by atoms with Crippen LogP contribution in [0.2, 0.25) is 0 Å². The molecule has 0 spiro atoms. The summed E-state index contributed by atoms with van der Waals surface area (Å²) in [6.07, 6.45) is -4.90. The summed E-state index contributed by atoms with van der Waals surface area (Å²) in [7, 11) is 1.68. The molecule has 0 saturated heterocycles. The average Bonchev–Trinajstić information content (AvgIpc) is 2.36. The number of pyridine rings is 1. The lowest BCUT2D eigenvalue weighted by Gasteiger charge is -2.17. The van der Waals surface area contributed by atoms with Crippen molar-refractivity contribution in [2.24, 2.45) is 5.92 Å². The Morgan fingerprint density at radius 1 is 1.24 bits per heavy atom. The van der Waals surface area contributed by atoms with Crippen molar-refractivity contribution in [1.29, 1.82) is 0 Å². The summed E-state index contributed by atoms with van der Waals surface area (Å²) < 4.78 is 36.5. The molecule has 1 rings (SSSR count). The molecule has 0 aliphatic heterocycles. The Morgan fingerprint density at radius 3 is 2.52 bits per heavy atom. The molecule has 21 heavy (non-hydrogen) atoms. The summed E-state index contributed by atoms with van der Waals surface area (Å²) in [5.41, 5.74) is 1.71. The molecule has 0 aliphatic carbocycles. The fraction of sp³-hybridized carbons (Fsp3) is 0.667. The number of nitrogens with one attached hydrogen (secondary N) is 1. The molecule has 0 atom stereocenters. The van der Waals surface area contributed by atoms with Gasteiger partial charge in [0.1, 0.15) is 0 Å². The van der Waals surface area contributed by atoms with Crippen molar-refractivity contribution in [2.75, 3.05) is 20.1 Å². The van der Waals surface area contributed by atoms with Crippen molar-refractivity contribution in [3.8, 4) is 0 Å². The van der Waals surface area contributed by atoms with Crippen LogP contribution in [0.25, 0.3) is 0 Å². The number of halogens is 3. The fourth-order valence-electron chi connectivity index (χ4n) is 1.88. The highest BCUT2D eigenvalue weighted by atomic mass is 19.4. The van der Waals surface area contributed by atoms with Crippen LogP contribution in [0.15, 0.2) is 18.2 Å². The molecule has 0 saturated carbocycles. The summed E-state index contributed by atoms with van der Waals surface area (Å²) in [5.74, 6) is 0.571. The SMILES string of the molecule is CC(C)CNCc1cccc(CN(C)CCC(F)(F)F)n1. The van der Waals surface area contributed by atoms with Gasteiger partial charge in [-0.2, -0.15) is 13.2 Å². The first kappa shape index (κ1) is 17.9. The molecule has 0 fully saturated rings. The van der Waals surface area contributed by atoms with Gasteiger partial charge in [0, 0.05) is 19.6 Å². The maximum atomic E-state index is 12.2. The summed E-state index contributed by atoms with van der Waals surface area (Å²) in [4.78, 5) is 6.11. The second-order valence-corrected chi connectivity index (χ2v) is 5.75. The molecular weight excluding hydrogens is 279 g/mol. The van der Waals surface area contributed by atoms with Crippen molar-refractivity contribution in [3.63, 3.8) is 0 Å². The van der Waals surface area contributed by atoms with Crippen molar-refractivity contribution in [3.05, 3.63) is 29.6 Å². The smallest absolute Gasteiger partial charge is 0.311 e. The van der Waals surface area contributed by atoms with Crippen LogP contribution >= 0.6 is 0 Å². The molecule has 0 amide bonds. The number of alkyl halides is 3. The second kappa shape index (κ2) is 8.34. The van der Waals surface area contributed by atoms with E-state index in [1.54, 1.807) is 11.9 Å². The number of rotatable bonds is 8. The largest absolute Gasteiger partial charge is 0.390 e. The first-order chi connectivity index (χ1) is 9.76. The molecule has 1 heterocycles. The van der Waals surface area contributed by atoms with Gasteiger partial charge in [-0.15, -0.1) is 0 Å². The standard InChI is InChI=1S/C15H24F3N3/c1-12(2)9-19-10-13-5-4-6-14(20-13)11-21(3)8-7-15(16,17)18/h4-6,12,19H,7-11H2,1-3H3. The van der Waals surface area contributed by atoms with Crippen LogP contribution in [-0.4, -0.2) is 36.2 Å². The topological polar surface area (TPSA) is 28.2 Å². The lowest BCUT2D eigenvalue weighted by Crippen LogP contribution is -2.25. The normalized spacial score (nSPS) is 12.4. The van der Waals surface area contributed by atoms with Crippen molar-refractivity contribution < 1.29 is 13.2 Å². The average molecular weight is 303 g/mol. The number of hydrogen-bond acceptors (Lipinski definition) is 3. The third-order valence-electron chi connectivity index (χ3n) is 2.93. The van der Waals surface area contributed by atoms with E-state index in [9.17, 15) is 13.2 Å². The van der Waals surface area contributed by atoms with Crippen LogP contribution in [0.5, 0.6) is 0 Å². The predicted molar refractivity (Wildman–Crippen MR) is 77.8 cm³/mol. The van der Waals surface area contributed by atoms with Crippen LogP contribution < -0.4 is 5.32 Å². The van der Waals surface area contributed by atoms with Gasteiger partial charge in [0.15, 0.2) is 0 Å². The zero-order chi connectivity index (χ0) is 15.9. The summed E-state index contributed by atoms with van der Waals surface area (Å²) in [6, 6.07) is 5.66. The van der Waals surface area contributed by atoms with Crippen LogP contribution in [-0.2, 0) is 13.1 Å². The maximum absolute atomic E-state index is 12.2. The molecule has 120 valence electrons. The highest BCUT2D eigenvalue weighted by molar-refractivity contribution is 5.11. The van der Waals surface area contributed by atoms with E-state index in [0.717, 1.165) is 17.9 Å². The Hall–Kier alpha value is -1.14. The summed E-state index contributed by atoms with van der Waals surface area (Å²) in [5, 5.41) is 3.30. The van der Waals surface area contributed by atoms with Gasteiger partial charge in [0.2, 0.25) is 0 Å². The van der Waals surface area contributed by atoms with E-state index < -0.39 is 12.6 Å². The van der Waals surface area contributed by atoms with Crippen LogP contribution in [0.4, 0.5) is 13.2 Å². The third kappa shape index (κ3) is 8.67. The minimum atomic E-state index is -4.11. The monoisotopic (exact) mass is 303 g/mol. The molecule has 1 aromatic heterocycles. The minimum absolute atomic E-state index is 0.0129. The van der Waals surface area contributed by atoms with E-state index in [1.165, 1.54) is 0 Å². The van der Waals surface area contributed by atoms with Gasteiger partial charge >= 0.3 is 6.18 Å². The summed E-state index contributed by atoms with van der Waals surface area (Å²) in [6.45, 7) is 6.27. The first-order valence-electron chi connectivity index (χ1n) is 7.17. The molecule has 0 aliphatic rings. The molecule has 1 N–H and O–H groups in total. The Kier molecular flexibility index (Phi) is 7.11. The first-order valence-corrected chi connectivity index (χ1v) is 7.17. The predicted octanol–water partition coefficient (Wildman–Crippen LogP) is 3.21. The van der Waals surface area contributed by atoms with Gasteiger partial charge in [-0.05, 0) is 31.6 Å². The minimum Gasteiger partial charge on any atom is -0.311 e. The molecular formula is C15H24F3N3. The van der Waals surface area contributed by atoms with Crippen molar-refractivity contribution >= 4 is 0 Å². The van der Waals surface area contributed by atoms with Crippen LogP contribution in [0.3, 0.4) is 0 Å². The van der Waals surface area contributed by atoms with Crippen molar-refractivity contribution in [2.45, 2.75) is 39.5 Å². The van der Waals surface area contributed by atoms with E-state index in [0.29, 0.717) is 19.0 Å². The van der Waals surface area contributed by atoms with E-state index in [2.05, 4.69) is 24.1 Å². The zero-order valence-electron chi connectivity index (χ0n) is 12.9. The Labute approximate surface area is 124 Å². The number of hydrogen-bond donors (Lipinski definition) is 1. The van der Waals surface area contributed by atoms with E-state index in [1.807, 2.05) is 18.2 Å². The van der Waals surface area contributed by atoms with E-state index >= 15 is 0 Å². The van der Waals surface area contributed by atoms with Gasteiger partial charge in [0.05, 0.1) is 17.8 Å². The lowest BCUT2D eigenvalue weighted by atomic mass is 10.2. The second-order valence-electron chi connectivity index (χ2n) is 5.75. The van der Waals surface area contributed by atoms with Crippen LogP contribution in [0, 0.1) is 5.92 Å². The molecule has 6 heteroatoms. The summed E-state index contributed by atoms with van der Waals surface area (Å²) >= 11 is 0. The van der Waals surface area contributed by atoms with Crippen LogP contribution in [0.1, 0.15) is 31.7 Å². The molecule has 0 bridgehead atoms. The van der Waals surface area contributed by atoms with E-state index in [4.69, 9.17) is 0 Å². The Morgan fingerprint density at radius 2 is 1.90 bits per heavy atom. The van der Waals surface area contributed by atoms with Gasteiger partial charge in [0.25, 0.3) is 0 Å². The fourth-order valence-corrected chi connectivity index (χ4v) is 1.88. The molecule has 1 aromatic rings. The molecule has 0 unspecified atom stereocenters. The number of aromatic nitrogens is 1. The Bertz CT molecular complexity index is 419. The highest BCUT2D eigenvalue weighted by Gasteiger charge is 2.27. The van der Waals surface area contributed by atoms with E-state index in [-0.39, 0.29) is 6.54 Å². The zero-order valence-corrected chi connectivity index (χ0v) is 12.9. The van der Waals surface area contributed by atoms with Gasteiger partial charge in [-0.3, -0.25) is 4.98 Å². The lowest BCUT2D eigenvalue weighted by molar-refractivity contribution is -0.137. The van der Waals surface area contributed by atoms with Gasteiger partial charge < -0.3 is 10.2 Å². The van der Waals surface area contributed by atoms with Gasteiger partial charge in [-0.25, -0.2) is 0 Å². The molecule has 0 aromatic carbocycles. The third-order valence-corrected chi connectivity index (χ3v) is 2.93. The van der Waals surface area contributed by atoms with Gasteiger partial charge in [-0.1, -0.05) is 19.9 Å². The number of nitrogens with zero attached hydrogens (tertiary/aromatic N) is 2. The highest BCUT2D eigenvalue weighted by Crippen LogP contribution is 2.19. The molecule has 3 nitrogen and oxygen atoms in total. The molecule has 0 radical (unpaired) electrons. The maximum Gasteiger partial charge on any atom is 0.390 e. The quantitative estimate of drug-likeness (QED) is 0.799. The van der Waals surface area contributed by atoms with Crippen molar-refractivity contribution in [1.82, 2.24) is 15.2 Å². The Balaban J connectivity index is 2.44.